The molecule has 1 N–H and O–H groups in total. The van der Waals surface area contributed by atoms with Crippen molar-refractivity contribution in [3.8, 4) is 5.75 Å². The number of hydrogen-bond donors (Lipinski definition) is 1. The molecule has 1 fully saturated rings. The molecule has 0 aromatic heterocycles. The Balaban J connectivity index is 1.51. The van der Waals surface area contributed by atoms with Gasteiger partial charge < -0.3 is 15.0 Å². The van der Waals surface area contributed by atoms with E-state index in [0.717, 1.165) is 48.4 Å². The SMILES string of the molecule is COc1ccc(C2CCCCCN2C(=O)CC2Sc3ccc(Cl)cc3NC2=O)cc1. The molecule has 2 heterocycles. The highest BCUT2D eigenvalue weighted by atomic mass is 35.5. The van der Waals surface area contributed by atoms with Crippen LogP contribution in [0.4, 0.5) is 5.69 Å². The van der Waals surface area contributed by atoms with Crippen LogP contribution in [0.2, 0.25) is 5.02 Å². The fourth-order valence-corrected chi connectivity index (χ4v) is 5.37. The third-order valence-electron chi connectivity index (χ3n) is 5.69. The van der Waals surface area contributed by atoms with Crippen molar-refractivity contribution in [2.75, 3.05) is 19.0 Å². The number of benzene rings is 2. The number of rotatable bonds is 4. The summed E-state index contributed by atoms with van der Waals surface area (Å²) < 4.78 is 5.27. The molecule has 0 radical (unpaired) electrons. The van der Waals surface area contributed by atoms with E-state index in [0.29, 0.717) is 10.7 Å². The number of thioether (sulfide) groups is 1. The van der Waals surface area contributed by atoms with E-state index in [1.165, 1.54) is 11.8 Å². The summed E-state index contributed by atoms with van der Waals surface area (Å²) in [6, 6.07) is 13.4. The Morgan fingerprint density at radius 3 is 2.77 bits per heavy atom. The van der Waals surface area contributed by atoms with Crippen LogP contribution in [0.5, 0.6) is 5.75 Å². The number of nitrogens with one attached hydrogen (secondary N) is 1. The highest BCUT2D eigenvalue weighted by Crippen LogP contribution is 2.39. The molecule has 0 bridgehead atoms. The Bertz CT molecular complexity index is 935. The minimum Gasteiger partial charge on any atom is -0.497 e. The molecule has 2 aromatic rings. The maximum absolute atomic E-state index is 13.3. The summed E-state index contributed by atoms with van der Waals surface area (Å²) in [5.74, 6) is 0.695. The molecule has 7 heteroatoms. The van der Waals surface area contributed by atoms with E-state index in [-0.39, 0.29) is 24.3 Å². The van der Waals surface area contributed by atoms with Crippen molar-refractivity contribution in [3.63, 3.8) is 0 Å². The number of anilines is 1. The lowest BCUT2D eigenvalue weighted by Crippen LogP contribution is -2.39. The van der Waals surface area contributed by atoms with Gasteiger partial charge in [0.25, 0.3) is 0 Å². The lowest BCUT2D eigenvalue weighted by Gasteiger charge is -2.32. The molecule has 2 amide bonds. The van der Waals surface area contributed by atoms with Crippen LogP contribution in [-0.2, 0) is 9.59 Å². The minimum atomic E-state index is -0.439. The Labute approximate surface area is 186 Å². The first kappa shape index (κ1) is 21.1. The average molecular weight is 445 g/mol. The zero-order valence-electron chi connectivity index (χ0n) is 16.9. The molecule has 2 aromatic carbocycles. The van der Waals surface area contributed by atoms with E-state index >= 15 is 0 Å². The summed E-state index contributed by atoms with van der Waals surface area (Å²) in [5.41, 5.74) is 1.83. The van der Waals surface area contributed by atoms with E-state index in [2.05, 4.69) is 5.32 Å². The Kier molecular flexibility index (Phi) is 6.54. The van der Waals surface area contributed by atoms with Crippen LogP contribution >= 0.6 is 23.4 Å². The lowest BCUT2D eigenvalue weighted by atomic mass is 10.00. The van der Waals surface area contributed by atoms with Gasteiger partial charge in [-0.15, -0.1) is 11.8 Å². The maximum atomic E-state index is 13.3. The van der Waals surface area contributed by atoms with Crippen LogP contribution in [0.15, 0.2) is 47.4 Å². The largest absolute Gasteiger partial charge is 0.497 e. The molecule has 5 nitrogen and oxygen atoms in total. The summed E-state index contributed by atoms with van der Waals surface area (Å²) in [6.45, 7) is 0.723. The highest BCUT2D eigenvalue weighted by molar-refractivity contribution is 8.01. The van der Waals surface area contributed by atoms with Gasteiger partial charge in [0.2, 0.25) is 11.8 Å². The maximum Gasteiger partial charge on any atom is 0.238 e. The summed E-state index contributed by atoms with van der Waals surface area (Å²) in [5, 5.41) is 3.04. The number of halogens is 1. The normalized spacial score (nSPS) is 21.4. The summed E-state index contributed by atoms with van der Waals surface area (Å²) in [7, 11) is 1.65. The molecule has 158 valence electrons. The first-order chi connectivity index (χ1) is 14.5. The van der Waals surface area contributed by atoms with Gasteiger partial charge in [-0.3, -0.25) is 9.59 Å². The minimum absolute atomic E-state index is 0.0304. The van der Waals surface area contributed by atoms with Crippen molar-refractivity contribution in [3.05, 3.63) is 53.1 Å². The number of amides is 2. The number of fused-ring (bicyclic) bond motifs is 1. The molecule has 2 aliphatic heterocycles. The van der Waals surface area contributed by atoms with E-state index in [1.807, 2.05) is 35.2 Å². The van der Waals surface area contributed by atoms with Crippen molar-refractivity contribution in [2.24, 2.45) is 0 Å². The fourth-order valence-electron chi connectivity index (χ4n) is 4.11. The molecule has 4 rings (SSSR count). The van der Waals surface area contributed by atoms with E-state index in [4.69, 9.17) is 16.3 Å². The molecule has 2 unspecified atom stereocenters. The van der Waals surface area contributed by atoms with E-state index < -0.39 is 5.25 Å². The third-order valence-corrected chi connectivity index (χ3v) is 7.21. The van der Waals surface area contributed by atoms with Gasteiger partial charge >= 0.3 is 0 Å². The zero-order chi connectivity index (χ0) is 21.1. The molecular weight excluding hydrogens is 420 g/mol. The second-order valence-corrected chi connectivity index (χ2v) is 9.35. The van der Waals surface area contributed by atoms with Gasteiger partial charge in [0, 0.05) is 22.9 Å². The van der Waals surface area contributed by atoms with Gasteiger partial charge in [0.15, 0.2) is 0 Å². The van der Waals surface area contributed by atoms with E-state index in [1.54, 1.807) is 19.2 Å². The van der Waals surface area contributed by atoms with Crippen molar-refractivity contribution in [2.45, 2.75) is 48.3 Å². The number of nitrogens with zero attached hydrogens (tertiary/aromatic N) is 1. The highest BCUT2D eigenvalue weighted by Gasteiger charge is 2.33. The Hall–Kier alpha value is -2.18. The second kappa shape index (κ2) is 9.31. The van der Waals surface area contributed by atoms with Crippen molar-refractivity contribution in [1.29, 1.82) is 0 Å². The molecule has 2 atom stereocenters. The number of methoxy groups -OCH3 is 1. The van der Waals surface area contributed by atoms with Crippen LogP contribution in [-0.4, -0.2) is 35.6 Å². The van der Waals surface area contributed by atoms with Crippen molar-refractivity contribution >= 4 is 40.9 Å². The average Bonchev–Trinajstić information content (AvgIpc) is 3.01. The van der Waals surface area contributed by atoms with Crippen LogP contribution in [0, 0.1) is 0 Å². The summed E-state index contributed by atoms with van der Waals surface area (Å²) >= 11 is 7.46. The van der Waals surface area contributed by atoms with Gasteiger partial charge in [-0.25, -0.2) is 0 Å². The summed E-state index contributed by atoms with van der Waals surface area (Å²) in [6.07, 6.45) is 4.31. The number of ether oxygens (including phenoxy) is 1. The molecular formula is C23H25ClN2O3S. The van der Waals surface area contributed by atoms with E-state index in [9.17, 15) is 9.59 Å². The topological polar surface area (TPSA) is 58.6 Å². The number of likely N-dealkylation sites (tertiary alicyclic amines) is 1. The van der Waals surface area contributed by atoms with Crippen LogP contribution in [0.1, 0.15) is 43.7 Å². The Morgan fingerprint density at radius 1 is 1.20 bits per heavy atom. The Morgan fingerprint density at radius 2 is 2.00 bits per heavy atom. The monoisotopic (exact) mass is 444 g/mol. The zero-order valence-corrected chi connectivity index (χ0v) is 18.5. The first-order valence-electron chi connectivity index (χ1n) is 10.3. The molecule has 0 spiro atoms. The molecule has 1 saturated heterocycles. The van der Waals surface area contributed by atoms with Crippen LogP contribution < -0.4 is 10.1 Å². The second-order valence-electron chi connectivity index (χ2n) is 7.67. The van der Waals surface area contributed by atoms with Gasteiger partial charge in [-0.1, -0.05) is 36.6 Å². The van der Waals surface area contributed by atoms with Crippen LogP contribution in [0.25, 0.3) is 0 Å². The van der Waals surface area contributed by atoms with Gasteiger partial charge in [0.05, 0.1) is 24.1 Å². The molecule has 2 aliphatic rings. The van der Waals surface area contributed by atoms with Crippen molar-refractivity contribution < 1.29 is 14.3 Å². The molecule has 0 saturated carbocycles. The smallest absolute Gasteiger partial charge is 0.238 e. The standard InChI is InChI=1S/C23H25ClN2O3S/c1-29-17-9-6-15(7-10-17)19-5-3-2-4-12-26(19)22(27)14-21-23(28)25-18-13-16(24)8-11-20(18)30-21/h6-11,13,19,21H,2-5,12,14H2,1H3,(H,25,28). The number of carbonyl (C=O) groups is 2. The third kappa shape index (κ3) is 4.60. The number of carbonyl (C=O) groups excluding carboxylic acids is 2. The summed E-state index contributed by atoms with van der Waals surface area (Å²) in [4.78, 5) is 28.9. The lowest BCUT2D eigenvalue weighted by molar-refractivity contribution is -0.134. The first-order valence-corrected chi connectivity index (χ1v) is 11.5. The number of hydrogen-bond acceptors (Lipinski definition) is 4. The van der Waals surface area contributed by atoms with Gasteiger partial charge in [-0.2, -0.15) is 0 Å². The van der Waals surface area contributed by atoms with Gasteiger partial charge in [0.1, 0.15) is 5.75 Å². The van der Waals surface area contributed by atoms with Gasteiger partial charge in [-0.05, 0) is 48.7 Å². The predicted molar refractivity (Wildman–Crippen MR) is 120 cm³/mol. The van der Waals surface area contributed by atoms with Crippen LogP contribution in [0.3, 0.4) is 0 Å². The molecule has 0 aliphatic carbocycles. The predicted octanol–water partition coefficient (Wildman–Crippen LogP) is 5.30. The quantitative estimate of drug-likeness (QED) is 0.695. The molecule has 30 heavy (non-hydrogen) atoms. The fraction of sp³-hybridized carbons (Fsp3) is 0.391. The van der Waals surface area contributed by atoms with Crippen molar-refractivity contribution in [1.82, 2.24) is 4.90 Å².